The summed E-state index contributed by atoms with van der Waals surface area (Å²) in [5, 5.41) is 15.5. The van der Waals surface area contributed by atoms with Crippen molar-refractivity contribution in [1.82, 2.24) is 4.90 Å². The molecule has 7 atom stereocenters. The normalized spacial score (nSPS) is 31.3. The quantitative estimate of drug-likeness (QED) is 0.484. The van der Waals surface area contributed by atoms with Crippen LogP contribution in [-0.4, -0.2) is 64.3 Å². The third-order valence-corrected chi connectivity index (χ3v) is 9.27. The molecule has 3 saturated heterocycles. The number of carbonyl (C=O) groups excluding carboxylic acids is 3. The maximum atomic E-state index is 14.3. The van der Waals surface area contributed by atoms with E-state index >= 15 is 0 Å². The van der Waals surface area contributed by atoms with Crippen molar-refractivity contribution in [2.75, 3.05) is 18.5 Å². The lowest BCUT2D eigenvalue weighted by Gasteiger charge is -2.39. The molecule has 5 rings (SSSR count). The molecule has 2 amide bonds. The van der Waals surface area contributed by atoms with Gasteiger partial charge in [-0.1, -0.05) is 57.5 Å². The van der Waals surface area contributed by atoms with Gasteiger partial charge in [-0.3, -0.25) is 14.4 Å². The second kappa shape index (κ2) is 9.97. The number of fused-ring (bicyclic) bond motifs is 2. The summed E-state index contributed by atoms with van der Waals surface area (Å²) in [5.74, 6) is -2.81. The number of hydrogen-bond donors (Lipinski definition) is 2. The summed E-state index contributed by atoms with van der Waals surface area (Å²) in [7, 11) is 0. The van der Waals surface area contributed by atoms with Gasteiger partial charge in [-0.25, -0.2) is 0 Å². The number of amides is 2. The smallest absolute Gasteiger partial charge is 0.312 e. The van der Waals surface area contributed by atoms with Crippen LogP contribution in [0.1, 0.15) is 53.4 Å². The molecule has 3 aliphatic rings. The molecule has 0 aliphatic carbocycles. The van der Waals surface area contributed by atoms with Gasteiger partial charge in [0, 0.05) is 5.69 Å². The third kappa shape index (κ3) is 3.83. The van der Waals surface area contributed by atoms with E-state index in [1.54, 1.807) is 6.92 Å². The van der Waals surface area contributed by atoms with Gasteiger partial charge in [0.15, 0.2) is 0 Å². The van der Waals surface area contributed by atoms with E-state index in [9.17, 15) is 19.5 Å². The van der Waals surface area contributed by atoms with Gasteiger partial charge in [-0.15, -0.1) is 0 Å². The molecular formula is C30H38N2O6. The first-order valence-electron chi connectivity index (χ1n) is 13.9. The standard InChI is InChI=1S/C30H38N2O6/c1-5-18(4)22(17-33)32-25(26(34)31-21-13-12-19-10-8-9-11-20(19)16-21)30-15-14-29(6-2,38-30)24(23(30)27(32)35)28(36)37-7-3/h8-13,16,18,22-25,33H,5-7,14-15,17H2,1-4H3,(H,31,34)/t18-,22-,23-,24-,25?,29+,30?/m0/s1. The van der Waals surface area contributed by atoms with Crippen LogP contribution in [0.25, 0.3) is 10.8 Å². The summed E-state index contributed by atoms with van der Waals surface area (Å²) in [6.45, 7) is 7.57. The van der Waals surface area contributed by atoms with Gasteiger partial charge >= 0.3 is 5.97 Å². The lowest BCUT2D eigenvalue weighted by atomic mass is 9.65. The molecule has 204 valence electrons. The zero-order chi connectivity index (χ0) is 27.2. The Morgan fingerprint density at radius 1 is 1.16 bits per heavy atom. The lowest BCUT2D eigenvalue weighted by Crippen LogP contribution is -2.57. The van der Waals surface area contributed by atoms with Crippen molar-refractivity contribution in [2.45, 2.75) is 76.7 Å². The minimum Gasteiger partial charge on any atom is -0.466 e. The number of likely N-dealkylation sites (tertiary alicyclic amines) is 1. The molecule has 2 N–H and O–H groups in total. The van der Waals surface area contributed by atoms with E-state index < -0.39 is 41.1 Å². The van der Waals surface area contributed by atoms with Crippen molar-refractivity contribution in [3.8, 4) is 0 Å². The Morgan fingerprint density at radius 2 is 1.89 bits per heavy atom. The molecule has 8 heteroatoms. The molecule has 0 saturated carbocycles. The van der Waals surface area contributed by atoms with Crippen LogP contribution in [0.2, 0.25) is 0 Å². The molecular weight excluding hydrogens is 484 g/mol. The number of carbonyl (C=O) groups is 3. The molecule has 3 aliphatic heterocycles. The Balaban J connectivity index is 1.58. The number of nitrogens with one attached hydrogen (secondary N) is 1. The largest absolute Gasteiger partial charge is 0.466 e. The predicted octanol–water partition coefficient (Wildman–Crippen LogP) is 3.90. The predicted molar refractivity (Wildman–Crippen MR) is 143 cm³/mol. The van der Waals surface area contributed by atoms with E-state index in [0.29, 0.717) is 31.4 Å². The van der Waals surface area contributed by atoms with E-state index in [1.165, 1.54) is 4.90 Å². The highest BCUT2D eigenvalue weighted by molar-refractivity contribution is 6.04. The van der Waals surface area contributed by atoms with Crippen LogP contribution in [0.15, 0.2) is 42.5 Å². The Labute approximate surface area is 223 Å². The van der Waals surface area contributed by atoms with E-state index in [-0.39, 0.29) is 30.9 Å². The van der Waals surface area contributed by atoms with Gasteiger partial charge in [-0.2, -0.15) is 0 Å². The third-order valence-electron chi connectivity index (χ3n) is 9.27. The molecule has 0 radical (unpaired) electrons. The van der Waals surface area contributed by atoms with Crippen molar-refractivity contribution in [3.63, 3.8) is 0 Å². The van der Waals surface area contributed by atoms with Crippen LogP contribution < -0.4 is 5.32 Å². The maximum absolute atomic E-state index is 14.3. The first-order chi connectivity index (χ1) is 18.3. The Hall–Kier alpha value is -2.97. The van der Waals surface area contributed by atoms with Crippen LogP contribution in [0.3, 0.4) is 0 Å². The highest BCUT2D eigenvalue weighted by Gasteiger charge is 2.79. The number of nitrogens with zero attached hydrogens (tertiary/aromatic N) is 1. The number of hydrogen-bond acceptors (Lipinski definition) is 6. The van der Waals surface area contributed by atoms with E-state index in [4.69, 9.17) is 9.47 Å². The minimum absolute atomic E-state index is 0.0616. The van der Waals surface area contributed by atoms with Crippen molar-refractivity contribution >= 4 is 34.2 Å². The van der Waals surface area contributed by atoms with Crippen molar-refractivity contribution in [2.24, 2.45) is 17.8 Å². The molecule has 2 unspecified atom stereocenters. The van der Waals surface area contributed by atoms with Crippen molar-refractivity contribution in [1.29, 1.82) is 0 Å². The topological polar surface area (TPSA) is 105 Å². The minimum atomic E-state index is -1.16. The van der Waals surface area contributed by atoms with Crippen LogP contribution in [0.4, 0.5) is 5.69 Å². The maximum Gasteiger partial charge on any atom is 0.312 e. The van der Waals surface area contributed by atoms with Gasteiger partial charge < -0.3 is 24.8 Å². The summed E-state index contributed by atoms with van der Waals surface area (Å²) in [4.78, 5) is 43.3. The van der Waals surface area contributed by atoms with Gasteiger partial charge in [-0.05, 0) is 55.0 Å². The average Bonchev–Trinajstić information content (AvgIpc) is 3.53. The molecule has 2 aromatic carbocycles. The van der Waals surface area contributed by atoms with Gasteiger partial charge in [0.05, 0.1) is 30.8 Å². The highest BCUT2D eigenvalue weighted by Crippen LogP contribution is 2.65. The summed E-state index contributed by atoms with van der Waals surface area (Å²) in [6.07, 6.45) is 2.30. The Kier molecular flexibility index (Phi) is 6.99. The number of aliphatic hydroxyl groups is 1. The fourth-order valence-electron chi connectivity index (χ4n) is 7.20. The van der Waals surface area contributed by atoms with Crippen molar-refractivity contribution in [3.05, 3.63) is 42.5 Å². The molecule has 2 bridgehead atoms. The monoisotopic (exact) mass is 522 g/mol. The number of ether oxygens (including phenoxy) is 2. The second-order valence-corrected chi connectivity index (χ2v) is 11.0. The van der Waals surface area contributed by atoms with E-state index in [1.807, 2.05) is 63.2 Å². The average molecular weight is 523 g/mol. The Morgan fingerprint density at radius 3 is 2.55 bits per heavy atom. The van der Waals surface area contributed by atoms with Crippen LogP contribution >= 0.6 is 0 Å². The highest BCUT2D eigenvalue weighted by atomic mass is 16.6. The lowest BCUT2D eigenvalue weighted by molar-refractivity contribution is -0.162. The van der Waals surface area contributed by atoms with Gasteiger partial charge in [0.25, 0.3) is 0 Å². The first kappa shape index (κ1) is 26.6. The molecule has 0 aromatic heterocycles. The molecule has 8 nitrogen and oxygen atoms in total. The number of anilines is 1. The zero-order valence-corrected chi connectivity index (χ0v) is 22.6. The second-order valence-electron chi connectivity index (χ2n) is 11.0. The number of rotatable bonds is 9. The summed E-state index contributed by atoms with van der Waals surface area (Å²) >= 11 is 0. The summed E-state index contributed by atoms with van der Waals surface area (Å²) < 4.78 is 12.2. The van der Waals surface area contributed by atoms with Crippen LogP contribution in [0, 0.1) is 17.8 Å². The SMILES string of the molecule is CCOC(=O)[C@@H]1[C@H]2C(=O)N([C@@H](CO)[C@@H](C)CC)C(C(=O)Nc3ccc4ccccc4c3)C23CC[C@@]1(CC)O3. The van der Waals surface area contributed by atoms with Gasteiger partial charge in [0.2, 0.25) is 11.8 Å². The fraction of sp³-hybridized carbons (Fsp3) is 0.567. The summed E-state index contributed by atoms with van der Waals surface area (Å²) in [6, 6.07) is 12.0. The fourth-order valence-corrected chi connectivity index (χ4v) is 7.20. The molecule has 3 fully saturated rings. The molecule has 38 heavy (non-hydrogen) atoms. The molecule has 3 heterocycles. The zero-order valence-electron chi connectivity index (χ0n) is 22.6. The van der Waals surface area contributed by atoms with E-state index in [2.05, 4.69) is 5.32 Å². The van der Waals surface area contributed by atoms with Gasteiger partial charge in [0.1, 0.15) is 17.6 Å². The molecule has 1 spiro atoms. The summed E-state index contributed by atoms with van der Waals surface area (Å²) in [5.41, 5.74) is -1.39. The van der Waals surface area contributed by atoms with Crippen LogP contribution in [-0.2, 0) is 23.9 Å². The number of esters is 1. The first-order valence-corrected chi connectivity index (χ1v) is 13.9. The Bertz CT molecular complexity index is 1250. The molecule has 2 aromatic rings. The van der Waals surface area contributed by atoms with E-state index in [0.717, 1.165) is 10.8 Å². The van der Waals surface area contributed by atoms with Crippen molar-refractivity contribution < 1.29 is 29.0 Å². The number of benzene rings is 2. The number of aliphatic hydroxyl groups excluding tert-OH is 1. The van der Waals surface area contributed by atoms with Crippen LogP contribution in [0.5, 0.6) is 0 Å².